The Kier molecular flexibility index (Phi) is 7.87. The highest BCUT2D eigenvalue weighted by Crippen LogP contribution is 2.33. The lowest BCUT2D eigenvalue weighted by Crippen LogP contribution is -2.46. The molecule has 2 amide bonds. The molecule has 2 aromatic rings. The molecule has 0 saturated carbocycles. The van der Waals surface area contributed by atoms with Gasteiger partial charge in [0.1, 0.15) is 12.3 Å². The van der Waals surface area contributed by atoms with Crippen LogP contribution in [0.4, 0.5) is 5.69 Å². The maximum absolute atomic E-state index is 13.0. The maximum atomic E-state index is 13.0. The number of rotatable bonds is 8. The van der Waals surface area contributed by atoms with Gasteiger partial charge in [-0.15, -0.1) is 0 Å². The molecule has 0 aliphatic carbocycles. The number of hydrogen-bond donors (Lipinski definition) is 1. The number of nitrogens with one attached hydrogen (secondary N) is 1. The quantitative estimate of drug-likeness (QED) is 0.633. The van der Waals surface area contributed by atoms with E-state index in [0.29, 0.717) is 49.3 Å². The van der Waals surface area contributed by atoms with Gasteiger partial charge in [-0.05, 0) is 29.8 Å². The zero-order chi connectivity index (χ0) is 23.9. The van der Waals surface area contributed by atoms with Crippen LogP contribution in [0, 0.1) is 0 Å². The molecular formula is C25H31N3O6. The third kappa shape index (κ3) is 5.43. The summed E-state index contributed by atoms with van der Waals surface area (Å²) in [5, 5.41) is 3.04. The largest absolute Gasteiger partial charge is 0.493 e. The van der Waals surface area contributed by atoms with Crippen LogP contribution < -0.4 is 24.4 Å². The van der Waals surface area contributed by atoms with Gasteiger partial charge in [0.15, 0.2) is 11.5 Å². The van der Waals surface area contributed by atoms with Crippen LogP contribution >= 0.6 is 0 Å². The summed E-state index contributed by atoms with van der Waals surface area (Å²) in [5.74, 6) is 1.53. The third-order valence-electron chi connectivity index (χ3n) is 6.10. The SMILES string of the molecule is COc1ccc(C(CNC(=O)CN2C(=O)CCOc3ccccc32)N2CCOCC2)cc1OC. The van der Waals surface area contributed by atoms with Gasteiger partial charge in [-0.1, -0.05) is 18.2 Å². The Morgan fingerprint density at radius 1 is 1.06 bits per heavy atom. The number of morpholine rings is 1. The molecule has 0 spiro atoms. The van der Waals surface area contributed by atoms with Crippen molar-refractivity contribution in [3.63, 3.8) is 0 Å². The Labute approximate surface area is 199 Å². The number of para-hydroxylation sites is 2. The van der Waals surface area contributed by atoms with Crippen molar-refractivity contribution in [3.05, 3.63) is 48.0 Å². The van der Waals surface area contributed by atoms with Crippen molar-refractivity contribution in [3.8, 4) is 17.2 Å². The molecule has 2 aliphatic rings. The van der Waals surface area contributed by atoms with E-state index in [0.717, 1.165) is 18.7 Å². The summed E-state index contributed by atoms with van der Waals surface area (Å²) in [5.41, 5.74) is 1.62. The van der Waals surface area contributed by atoms with Crippen molar-refractivity contribution in [1.82, 2.24) is 10.2 Å². The summed E-state index contributed by atoms with van der Waals surface area (Å²) in [6.45, 7) is 3.39. The van der Waals surface area contributed by atoms with Crippen LogP contribution in [0.2, 0.25) is 0 Å². The number of ether oxygens (including phenoxy) is 4. The van der Waals surface area contributed by atoms with Crippen molar-refractivity contribution < 1.29 is 28.5 Å². The molecule has 9 nitrogen and oxygen atoms in total. The number of amides is 2. The first-order chi connectivity index (χ1) is 16.6. The number of anilines is 1. The minimum absolute atomic E-state index is 0.0685. The van der Waals surface area contributed by atoms with E-state index in [-0.39, 0.29) is 30.8 Å². The molecule has 1 atom stereocenters. The highest BCUT2D eigenvalue weighted by molar-refractivity contribution is 6.00. The summed E-state index contributed by atoms with van der Waals surface area (Å²) in [4.78, 5) is 29.4. The van der Waals surface area contributed by atoms with E-state index >= 15 is 0 Å². The van der Waals surface area contributed by atoms with E-state index in [4.69, 9.17) is 18.9 Å². The number of nitrogens with zero attached hydrogens (tertiary/aromatic N) is 2. The van der Waals surface area contributed by atoms with Gasteiger partial charge in [-0.2, -0.15) is 0 Å². The van der Waals surface area contributed by atoms with Crippen molar-refractivity contribution in [2.75, 3.05) is 65.1 Å². The van der Waals surface area contributed by atoms with Crippen LogP contribution in [0.5, 0.6) is 17.2 Å². The van der Waals surface area contributed by atoms with E-state index < -0.39 is 0 Å². The van der Waals surface area contributed by atoms with Crippen LogP contribution in [0.1, 0.15) is 18.0 Å². The van der Waals surface area contributed by atoms with Gasteiger partial charge in [0, 0.05) is 19.6 Å². The average Bonchev–Trinajstić information content (AvgIpc) is 3.03. The number of methoxy groups -OCH3 is 2. The fraction of sp³-hybridized carbons (Fsp3) is 0.440. The lowest BCUT2D eigenvalue weighted by Gasteiger charge is -2.35. The van der Waals surface area contributed by atoms with Crippen molar-refractivity contribution in [2.45, 2.75) is 12.5 Å². The average molecular weight is 470 g/mol. The van der Waals surface area contributed by atoms with Gasteiger partial charge >= 0.3 is 0 Å². The van der Waals surface area contributed by atoms with E-state index in [9.17, 15) is 9.59 Å². The van der Waals surface area contributed by atoms with E-state index in [2.05, 4.69) is 10.2 Å². The molecule has 0 aromatic heterocycles. The lowest BCUT2D eigenvalue weighted by atomic mass is 10.0. The highest BCUT2D eigenvalue weighted by Gasteiger charge is 2.27. The molecule has 2 aromatic carbocycles. The fourth-order valence-electron chi connectivity index (χ4n) is 4.31. The number of carbonyl (C=O) groups is 2. The maximum Gasteiger partial charge on any atom is 0.240 e. The van der Waals surface area contributed by atoms with Crippen LogP contribution in [-0.2, 0) is 14.3 Å². The van der Waals surface area contributed by atoms with Gasteiger partial charge < -0.3 is 24.3 Å². The summed E-state index contributed by atoms with van der Waals surface area (Å²) < 4.78 is 22.1. The van der Waals surface area contributed by atoms with Gasteiger partial charge in [0.25, 0.3) is 0 Å². The first-order valence-corrected chi connectivity index (χ1v) is 11.4. The topological polar surface area (TPSA) is 89.6 Å². The predicted octanol–water partition coefficient (Wildman–Crippen LogP) is 2.01. The summed E-state index contributed by atoms with van der Waals surface area (Å²) in [6, 6.07) is 13.0. The minimum atomic E-state index is -0.233. The van der Waals surface area contributed by atoms with Crippen LogP contribution in [-0.4, -0.2) is 76.9 Å². The molecule has 1 fully saturated rings. The fourth-order valence-corrected chi connectivity index (χ4v) is 4.31. The standard InChI is InChI=1S/C25H31N3O6/c1-31-22-8-7-18(15-23(22)32-2)20(27-10-13-33-14-11-27)16-26-24(29)17-28-19-5-3-4-6-21(19)34-12-9-25(28)30/h3-8,15,20H,9-14,16-17H2,1-2H3,(H,26,29). The number of hydrogen-bond acceptors (Lipinski definition) is 7. The third-order valence-corrected chi connectivity index (χ3v) is 6.10. The molecular weight excluding hydrogens is 438 g/mol. The Balaban J connectivity index is 1.49. The summed E-state index contributed by atoms with van der Waals surface area (Å²) >= 11 is 0. The molecule has 2 aliphatic heterocycles. The minimum Gasteiger partial charge on any atom is -0.493 e. The molecule has 1 unspecified atom stereocenters. The molecule has 182 valence electrons. The molecule has 34 heavy (non-hydrogen) atoms. The number of benzene rings is 2. The molecule has 1 saturated heterocycles. The van der Waals surface area contributed by atoms with Crippen LogP contribution in [0.25, 0.3) is 0 Å². The molecule has 2 heterocycles. The van der Waals surface area contributed by atoms with Crippen molar-refractivity contribution >= 4 is 17.5 Å². The molecule has 0 radical (unpaired) electrons. The zero-order valence-corrected chi connectivity index (χ0v) is 19.6. The molecule has 4 rings (SSSR count). The Bertz CT molecular complexity index is 1010. The van der Waals surface area contributed by atoms with Gasteiger partial charge in [-0.25, -0.2) is 0 Å². The number of carbonyl (C=O) groups excluding carboxylic acids is 2. The second-order valence-corrected chi connectivity index (χ2v) is 8.13. The smallest absolute Gasteiger partial charge is 0.240 e. The van der Waals surface area contributed by atoms with Gasteiger partial charge in [0.2, 0.25) is 11.8 Å². The molecule has 0 bridgehead atoms. The predicted molar refractivity (Wildman–Crippen MR) is 127 cm³/mol. The van der Waals surface area contributed by atoms with Crippen molar-refractivity contribution in [2.24, 2.45) is 0 Å². The molecule has 1 N–H and O–H groups in total. The monoisotopic (exact) mass is 469 g/mol. The van der Waals surface area contributed by atoms with E-state index in [1.165, 1.54) is 4.90 Å². The second kappa shape index (κ2) is 11.2. The highest BCUT2D eigenvalue weighted by atomic mass is 16.5. The summed E-state index contributed by atoms with van der Waals surface area (Å²) in [6.07, 6.45) is 0.226. The Morgan fingerprint density at radius 2 is 1.82 bits per heavy atom. The van der Waals surface area contributed by atoms with Gasteiger partial charge in [-0.3, -0.25) is 19.4 Å². The van der Waals surface area contributed by atoms with Crippen LogP contribution in [0.15, 0.2) is 42.5 Å². The second-order valence-electron chi connectivity index (χ2n) is 8.13. The van der Waals surface area contributed by atoms with Crippen LogP contribution in [0.3, 0.4) is 0 Å². The first-order valence-electron chi connectivity index (χ1n) is 11.4. The summed E-state index contributed by atoms with van der Waals surface area (Å²) in [7, 11) is 3.21. The van der Waals surface area contributed by atoms with Gasteiger partial charge in [0.05, 0.1) is 52.2 Å². The number of fused-ring (bicyclic) bond motifs is 1. The zero-order valence-electron chi connectivity index (χ0n) is 19.6. The molecule has 9 heteroatoms. The lowest BCUT2D eigenvalue weighted by molar-refractivity contribution is -0.124. The Morgan fingerprint density at radius 3 is 2.59 bits per heavy atom. The Hall–Kier alpha value is -3.30. The normalized spacial score (nSPS) is 17.2. The van der Waals surface area contributed by atoms with E-state index in [1.807, 2.05) is 36.4 Å². The first kappa shape index (κ1) is 23.8. The van der Waals surface area contributed by atoms with Crippen molar-refractivity contribution in [1.29, 1.82) is 0 Å². The van der Waals surface area contributed by atoms with E-state index in [1.54, 1.807) is 20.3 Å².